The van der Waals surface area contributed by atoms with Gasteiger partial charge in [-0.3, -0.25) is 4.79 Å². The molecule has 4 N–H and O–H groups in total. The van der Waals surface area contributed by atoms with Crippen molar-refractivity contribution in [2.45, 2.75) is 13.8 Å². The van der Waals surface area contributed by atoms with Crippen LogP contribution in [0.25, 0.3) is 0 Å². The molecule has 1 rings (SSSR count). The van der Waals surface area contributed by atoms with Crippen LogP contribution in [0.3, 0.4) is 0 Å². The number of hydrogen-bond acceptors (Lipinski definition) is 3. The molecule has 0 saturated carbocycles. The lowest BCUT2D eigenvalue weighted by Crippen LogP contribution is -2.23. The highest BCUT2D eigenvalue weighted by molar-refractivity contribution is 5.94. The molecule has 0 unspecified atom stereocenters. The summed E-state index contributed by atoms with van der Waals surface area (Å²) in [5, 5.41) is 0. The van der Waals surface area contributed by atoms with E-state index < -0.39 is 5.91 Å². The van der Waals surface area contributed by atoms with Gasteiger partial charge in [-0.1, -0.05) is 0 Å². The van der Waals surface area contributed by atoms with E-state index in [4.69, 9.17) is 11.5 Å². The minimum Gasteiger partial charge on any atom is -0.397 e. The van der Waals surface area contributed by atoms with Gasteiger partial charge in [0.1, 0.15) is 0 Å². The number of rotatable bonds is 4. The van der Waals surface area contributed by atoms with Crippen molar-refractivity contribution in [2.24, 2.45) is 5.73 Å². The van der Waals surface area contributed by atoms with Crippen molar-refractivity contribution >= 4 is 17.3 Å². The Kier molecular flexibility index (Phi) is 3.55. The zero-order valence-electron chi connectivity index (χ0n) is 9.16. The number of carbonyl (C=O) groups excluding carboxylic acids is 1. The van der Waals surface area contributed by atoms with Crippen LogP contribution in [0.1, 0.15) is 24.2 Å². The van der Waals surface area contributed by atoms with Crippen LogP contribution in [0.15, 0.2) is 18.2 Å². The highest BCUT2D eigenvalue weighted by atomic mass is 16.1. The number of hydrogen-bond donors (Lipinski definition) is 2. The van der Waals surface area contributed by atoms with Crippen molar-refractivity contribution in [1.82, 2.24) is 0 Å². The predicted octanol–water partition coefficient (Wildman–Crippen LogP) is 1.21. The van der Waals surface area contributed by atoms with Gasteiger partial charge in [0.15, 0.2) is 0 Å². The third-order valence-corrected chi connectivity index (χ3v) is 2.42. The molecule has 0 atom stereocenters. The largest absolute Gasteiger partial charge is 0.397 e. The number of nitrogens with two attached hydrogens (primary N) is 2. The number of benzene rings is 1. The molecular formula is C11H17N3O. The molecule has 0 heterocycles. The summed E-state index contributed by atoms with van der Waals surface area (Å²) in [6, 6.07) is 5.16. The molecule has 0 aliphatic heterocycles. The Morgan fingerprint density at radius 2 is 1.93 bits per heavy atom. The van der Waals surface area contributed by atoms with Gasteiger partial charge in [-0.05, 0) is 32.0 Å². The van der Waals surface area contributed by atoms with E-state index in [1.54, 1.807) is 12.1 Å². The Hall–Kier alpha value is -1.71. The molecular weight excluding hydrogens is 190 g/mol. The first-order valence-electron chi connectivity index (χ1n) is 5.04. The molecule has 0 radical (unpaired) electrons. The molecule has 0 saturated heterocycles. The number of carbonyl (C=O) groups is 1. The van der Waals surface area contributed by atoms with E-state index in [9.17, 15) is 4.79 Å². The van der Waals surface area contributed by atoms with Crippen LogP contribution in [0, 0.1) is 0 Å². The zero-order valence-corrected chi connectivity index (χ0v) is 9.16. The number of anilines is 2. The van der Waals surface area contributed by atoms with Gasteiger partial charge in [-0.15, -0.1) is 0 Å². The standard InChI is InChI=1S/C11H17N3O/c1-3-14(4-2)10-6-5-8(11(13)15)7-9(10)12/h5-7H,3-4,12H2,1-2H3,(H2,13,15). The molecule has 0 aliphatic carbocycles. The van der Waals surface area contributed by atoms with E-state index in [0.29, 0.717) is 11.3 Å². The number of nitrogens with zero attached hydrogens (tertiary/aromatic N) is 1. The van der Waals surface area contributed by atoms with E-state index in [-0.39, 0.29) is 0 Å². The van der Waals surface area contributed by atoms with E-state index in [2.05, 4.69) is 18.7 Å². The minimum atomic E-state index is -0.451. The normalized spacial score (nSPS) is 10.0. The molecule has 4 nitrogen and oxygen atoms in total. The van der Waals surface area contributed by atoms with Crippen LogP contribution in [0.5, 0.6) is 0 Å². The van der Waals surface area contributed by atoms with E-state index >= 15 is 0 Å². The quantitative estimate of drug-likeness (QED) is 0.729. The van der Waals surface area contributed by atoms with Gasteiger partial charge in [0.2, 0.25) is 5.91 Å². The lowest BCUT2D eigenvalue weighted by atomic mass is 10.1. The molecule has 0 aromatic heterocycles. The van der Waals surface area contributed by atoms with Crippen LogP contribution in [-0.2, 0) is 0 Å². The van der Waals surface area contributed by atoms with Crippen LogP contribution in [-0.4, -0.2) is 19.0 Å². The third-order valence-electron chi connectivity index (χ3n) is 2.42. The van der Waals surface area contributed by atoms with Crippen LogP contribution >= 0.6 is 0 Å². The lowest BCUT2D eigenvalue weighted by molar-refractivity contribution is 0.100. The summed E-state index contributed by atoms with van der Waals surface area (Å²) in [5.74, 6) is -0.451. The molecule has 1 amide bonds. The first-order valence-corrected chi connectivity index (χ1v) is 5.04. The van der Waals surface area contributed by atoms with E-state index in [0.717, 1.165) is 18.8 Å². The summed E-state index contributed by atoms with van der Waals surface area (Å²) in [6.45, 7) is 5.89. The second-order valence-corrected chi connectivity index (χ2v) is 3.31. The van der Waals surface area contributed by atoms with Crippen molar-refractivity contribution in [3.63, 3.8) is 0 Å². The molecule has 4 heteroatoms. The maximum Gasteiger partial charge on any atom is 0.248 e. The third kappa shape index (κ3) is 2.40. The molecule has 0 bridgehead atoms. The van der Waals surface area contributed by atoms with Crippen LogP contribution < -0.4 is 16.4 Å². The average molecular weight is 207 g/mol. The van der Waals surface area contributed by atoms with Gasteiger partial charge >= 0.3 is 0 Å². The SMILES string of the molecule is CCN(CC)c1ccc(C(N)=O)cc1N. The van der Waals surface area contributed by atoms with Crippen molar-refractivity contribution in [1.29, 1.82) is 0 Å². The van der Waals surface area contributed by atoms with Gasteiger partial charge in [-0.2, -0.15) is 0 Å². The summed E-state index contributed by atoms with van der Waals surface area (Å²) < 4.78 is 0. The molecule has 1 aromatic carbocycles. The average Bonchev–Trinajstić information content (AvgIpc) is 2.21. The van der Waals surface area contributed by atoms with E-state index in [1.807, 2.05) is 6.07 Å². The monoisotopic (exact) mass is 207 g/mol. The summed E-state index contributed by atoms with van der Waals surface area (Å²) >= 11 is 0. The molecule has 0 spiro atoms. The maximum atomic E-state index is 10.9. The Morgan fingerprint density at radius 3 is 2.33 bits per heavy atom. The smallest absolute Gasteiger partial charge is 0.248 e. The first-order chi connectivity index (χ1) is 7.10. The Bertz CT molecular complexity index is 359. The fourth-order valence-electron chi connectivity index (χ4n) is 1.56. The molecule has 15 heavy (non-hydrogen) atoms. The number of nitrogen functional groups attached to an aromatic ring is 1. The highest BCUT2D eigenvalue weighted by Gasteiger charge is 2.08. The molecule has 82 valence electrons. The Labute approximate surface area is 89.9 Å². The maximum absolute atomic E-state index is 10.9. The van der Waals surface area contributed by atoms with Gasteiger partial charge in [0.05, 0.1) is 11.4 Å². The number of amides is 1. The van der Waals surface area contributed by atoms with Crippen molar-refractivity contribution in [3.8, 4) is 0 Å². The topological polar surface area (TPSA) is 72.3 Å². The fraction of sp³-hybridized carbons (Fsp3) is 0.364. The molecule has 1 aromatic rings. The van der Waals surface area contributed by atoms with Crippen molar-refractivity contribution < 1.29 is 4.79 Å². The lowest BCUT2D eigenvalue weighted by Gasteiger charge is -2.22. The second kappa shape index (κ2) is 4.68. The van der Waals surface area contributed by atoms with Crippen molar-refractivity contribution in [2.75, 3.05) is 23.7 Å². The van der Waals surface area contributed by atoms with Gasteiger partial charge in [0.25, 0.3) is 0 Å². The van der Waals surface area contributed by atoms with Gasteiger partial charge < -0.3 is 16.4 Å². The predicted molar refractivity (Wildman–Crippen MR) is 62.9 cm³/mol. The summed E-state index contributed by atoms with van der Waals surface area (Å²) in [5.41, 5.74) is 13.0. The minimum absolute atomic E-state index is 0.448. The van der Waals surface area contributed by atoms with Gasteiger partial charge in [0, 0.05) is 18.7 Å². The molecule has 0 fully saturated rings. The van der Waals surface area contributed by atoms with Crippen LogP contribution in [0.2, 0.25) is 0 Å². The van der Waals surface area contributed by atoms with Gasteiger partial charge in [-0.25, -0.2) is 0 Å². The fourth-order valence-corrected chi connectivity index (χ4v) is 1.56. The second-order valence-electron chi connectivity index (χ2n) is 3.31. The molecule has 0 aliphatic rings. The zero-order chi connectivity index (χ0) is 11.4. The summed E-state index contributed by atoms with van der Waals surface area (Å²) in [7, 11) is 0. The summed E-state index contributed by atoms with van der Waals surface area (Å²) in [6.07, 6.45) is 0. The first kappa shape index (κ1) is 11.4. The highest BCUT2D eigenvalue weighted by Crippen LogP contribution is 2.23. The Balaban J connectivity index is 3.07. The summed E-state index contributed by atoms with van der Waals surface area (Å²) in [4.78, 5) is 13.1. The number of primary amides is 1. The van der Waals surface area contributed by atoms with Crippen molar-refractivity contribution in [3.05, 3.63) is 23.8 Å². The van der Waals surface area contributed by atoms with E-state index in [1.165, 1.54) is 0 Å². The van der Waals surface area contributed by atoms with Crippen LogP contribution in [0.4, 0.5) is 11.4 Å². The Morgan fingerprint density at radius 1 is 1.33 bits per heavy atom.